The van der Waals surface area contributed by atoms with Crippen molar-refractivity contribution in [2.75, 3.05) is 41.3 Å². The van der Waals surface area contributed by atoms with Crippen LogP contribution in [0.3, 0.4) is 0 Å². The normalized spacial score (nSPS) is 26.4. The first-order valence-electron chi connectivity index (χ1n) is 30.0. The molecule has 85 heavy (non-hydrogen) atoms. The van der Waals surface area contributed by atoms with Crippen LogP contribution in [0.5, 0.6) is 17.2 Å². The zero-order chi connectivity index (χ0) is 61.7. The van der Waals surface area contributed by atoms with Gasteiger partial charge in [0.1, 0.15) is 17.2 Å². The maximum Gasteiger partial charge on any atom is 0.230 e. The molecule has 9 atom stereocenters. The topological polar surface area (TPSA) is 280 Å². The van der Waals surface area contributed by atoms with E-state index in [0.29, 0.717) is 83.8 Å². The van der Waals surface area contributed by atoms with Gasteiger partial charge in [-0.1, -0.05) is 116 Å². The highest BCUT2D eigenvalue weighted by Gasteiger charge is 2.52. The van der Waals surface area contributed by atoms with Gasteiger partial charge in [0.2, 0.25) is 6.79 Å². The van der Waals surface area contributed by atoms with Crippen molar-refractivity contribution >= 4 is 46.6 Å². The molecule has 460 valence electrons. The average Bonchev–Trinajstić information content (AvgIpc) is 1.73. The number of phenolic OH excluding ortho intramolecular Hbond substituents is 1. The van der Waals surface area contributed by atoms with E-state index >= 15 is 0 Å². The summed E-state index contributed by atoms with van der Waals surface area (Å²) in [6.07, 6.45) is 5.73. The standard InChI is InChI=1S/C45H58N2O8S2.C22H29NO4S/c1-5-9-23-44(7-3)27-56(50,51)38-21-15-32(46)25-36(38)40(42(44)48)30-11-17-34(18-12-30)54-29-55-35-19-13-31(14-20-35)41-37-26-33(47)16-22-39(37)57(52,53)28-45(8-4,43(41)49)24-10-6-2;1-3-5-12-22(4-2)14-28(26,27)19-11-8-16(23)13-18(19)20(21(22)25)15-6-9-17(24)10-7-15/h11-22,25-26,40-43,48-49H,5-10,23-24,27-29,46-47H2,1-4H3;6-11,13,20-21,24-25H,3-5,12,14,23H2,1-2H3/t40-,41-,42-,43-,44+,45+;20-,21-,22+/m11/s1. The number of unbranched alkanes of at least 4 members (excludes halogenated alkanes) is 3. The minimum absolute atomic E-state index is 0.0802. The number of hydrogen-bond donors (Lipinski definition) is 7. The highest BCUT2D eigenvalue weighted by Crippen LogP contribution is 2.53. The third-order valence-electron chi connectivity index (χ3n) is 18.8. The van der Waals surface area contributed by atoms with E-state index in [4.69, 9.17) is 26.7 Å². The van der Waals surface area contributed by atoms with E-state index < -0.39 is 81.8 Å². The Labute approximate surface area is 503 Å². The van der Waals surface area contributed by atoms with E-state index in [1.807, 2.05) is 45.0 Å². The maximum absolute atomic E-state index is 13.8. The molecule has 0 bridgehead atoms. The van der Waals surface area contributed by atoms with Gasteiger partial charge in [-0.2, -0.15) is 0 Å². The fourth-order valence-electron chi connectivity index (χ4n) is 13.7. The lowest BCUT2D eigenvalue weighted by Gasteiger charge is -2.39. The molecule has 6 aromatic carbocycles. The molecule has 0 spiro atoms. The summed E-state index contributed by atoms with van der Waals surface area (Å²) in [4.78, 5) is 0.659. The minimum atomic E-state index is -3.71. The number of fused-ring (bicyclic) bond motifs is 3. The number of nitrogens with two attached hydrogens (primary N) is 3. The Morgan fingerprint density at radius 1 is 0.424 bits per heavy atom. The molecule has 3 heterocycles. The summed E-state index contributed by atoms with van der Waals surface area (Å²) in [7, 11) is -11.0. The number of aliphatic hydroxyl groups excluding tert-OH is 3. The number of rotatable bonds is 19. The molecule has 0 saturated heterocycles. The Hall–Kier alpha value is -6.15. The lowest BCUT2D eigenvalue weighted by molar-refractivity contribution is 0.0173. The van der Waals surface area contributed by atoms with Crippen molar-refractivity contribution in [3.05, 3.63) is 161 Å². The summed E-state index contributed by atoms with van der Waals surface area (Å²) < 4.78 is 93.8. The molecule has 10 N–H and O–H groups in total. The summed E-state index contributed by atoms with van der Waals surface area (Å²) in [6.45, 7) is 11.9. The Kier molecular flexibility index (Phi) is 20.2. The average molecular weight is 1220 g/mol. The molecule has 9 rings (SSSR count). The number of ether oxygens (including phenoxy) is 2. The first-order valence-corrected chi connectivity index (χ1v) is 35.0. The number of phenols is 1. The number of benzene rings is 6. The number of anilines is 3. The molecule has 0 amide bonds. The van der Waals surface area contributed by atoms with Crippen molar-refractivity contribution in [3.63, 3.8) is 0 Å². The molecular weight excluding hydrogens is 1130 g/mol. The van der Waals surface area contributed by atoms with Gasteiger partial charge < -0.3 is 47.1 Å². The van der Waals surface area contributed by atoms with Crippen LogP contribution < -0.4 is 26.7 Å². The van der Waals surface area contributed by atoms with Crippen molar-refractivity contribution in [2.24, 2.45) is 16.2 Å². The van der Waals surface area contributed by atoms with Crippen LogP contribution in [0, 0.1) is 16.2 Å². The van der Waals surface area contributed by atoms with Gasteiger partial charge in [0, 0.05) is 51.1 Å². The van der Waals surface area contributed by atoms with Crippen LogP contribution in [0.25, 0.3) is 0 Å². The predicted molar refractivity (Wildman–Crippen MR) is 336 cm³/mol. The van der Waals surface area contributed by atoms with Gasteiger partial charge in [0.05, 0.1) is 50.3 Å². The number of hydrogen-bond acceptors (Lipinski definition) is 15. The predicted octanol–water partition coefficient (Wildman–Crippen LogP) is 11.8. The fraction of sp³-hybridized carbons (Fsp3) is 0.463. The second-order valence-electron chi connectivity index (χ2n) is 24.0. The Morgan fingerprint density at radius 3 is 0.953 bits per heavy atom. The van der Waals surface area contributed by atoms with Crippen molar-refractivity contribution in [1.29, 1.82) is 0 Å². The number of nitrogen functional groups attached to an aromatic ring is 3. The molecule has 3 aliphatic heterocycles. The molecular formula is C67H87N3O12S3. The third kappa shape index (κ3) is 13.4. The van der Waals surface area contributed by atoms with Crippen LogP contribution >= 0.6 is 0 Å². The van der Waals surface area contributed by atoms with E-state index in [1.165, 1.54) is 0 Å². The molecule has 15 nitrogen and oxygen atoms in total. The zero-order valence-corrected chi connectivity index (χ0v) is 52.4. The number of aliphatic hydroxyl groups is 3. The molecule has 0 saturated carbocycles. The first kappa shape index (κ1) is 64.8. The van der Waals surface area contributed by atoms with Gasteiger partial charge in [0.25, 0.3) is 0 Å². The van der Waals surface area contributed by atoms with E-state index in [-0.39, 0.29) is 44.5 Å². The van der Waals surface area contributed by atoms with Gasteiger partial charge >= 0.3 is 0 Å². The van der Waals surface area contributed by atoms with Gasteiger partial charge in [-0.25, -0.2) is 25.3 Å². The summed E-state index contributed by atoms with van der Waals surface area (Å²) in [5.41, 5.74) is 21.1. The maximum atomic E-state index is 13.8. The SMILES string of the molecule is CCCC[C@@]1(CC)CS(=O)(=O)c2ccc(N)cc2[C@@H](c2ccc(O)cc2)[C@H]1O.CCCC[C@@]1(CC)CS(=O)(=O)c2ccc(N)cc2[C@@H](c2ccc(OCOc3ccc([C@@H]4c5cc(N)ccc5S(=O)(=O)C[C@](CC)(CCCC)[C@@H]4O)cc3)cc2)[C@H]1O. The largest absolute Gasteiger partial charge is 0.508 e. The highest BCUT2D eigenvalue weighted by molar-refractivity contribution is 7.92. The van der Waals surface area contributed by atoms with Crippen molar-refractivity contribution in [1.82, 2.24) is 0 Å². The van der Waals surface area contributed by atoms with Crippen LogP contribution in [0.4, 0.5) is 17.1 Å². The van der Waals surface area contributed by atoms with Crippen LogP contribution in [0.1, 0.15) is 170 Å². The molecule has 0 aromatic heterocycles. The van der Waals surface area contributed by atoms with Crippen molar-refractivity contribution in [3.8, 4) is 17.2 Å². The second kappa shape index (κ2) is 26.4. The molecule has 0 unspecified atom stereocenters. The van der Waals surface area contributed by atoms with Crippen LogP contribution in [-0.4, -0.2) is 88.0 Å². The van der Waals surface area contributed by atoms with Crippen molar-refractivity contribution in [2.45, 2.75) is 169 Å². The van der Waals surface area contributed by atoms with Gasteiger partial charge in [-0.3, -0.25) is 0 Å². The smallest absolute Gasteiger partial charge is 0.230 e. The van der Waals surface area contributed by atoms with Gasteiger partial charge in [-0.15, -0.1) is 0 Å². The molecule has 18 heteroatoms. The van der Waals surface area contributed by atoms with Gasteiger partial charge in [-0.05, 0) is 163 Å². The molecule has 3 aliphatic rings. The highest BCUT2D eigenvalue weighted by atomic mass is 32.2. The number of sulfone groups is 3. The van der Waals surface area contributed by atoms with Crippen LogP contribution in [0.2, 0.25) is 0 Å². The Balaban J connectivity index is 0.000000280. The zero-order valence-electron chi connectivity index (χ0n) is 49.9. The molecule has 0 aliphatic carbocycles. The summed E-state index contributed by atoms with van der Waals surface area (Å²) >= 11 is 0. The summed E-state index contributed by atoms with van der Waals surface area (Å²) in [6, 6.07) is 35.6. The van der Waals surface area contributed by atoms with Crippen LogP contribution in [-0.2, 0) is 29.5 Å². The van der Waals surface area contributed by atoms with E-state index in [0.717, 1.165) is 55.2 Å². The first-order chi connectivity index (χ1) is 40.4. The monoisotopic (exact) mass is 1220 g/mol. The molecule has 6 aromatic rings. The lowest BCUT2D eigenvalue weighted by Crippen LogP contribution is -2.42. The second-order valence-corrected chi connectivity index (χ2v) is 29.9. The minimum Gasteiger partial charge on any atom is -0.508 e. The molecule has 0 radical (unpaired) electrons. The van der Waals surface area contributed by atoms with Gasteiger partial charge in [0.15, 0.2) is 29.5 Å². The summed E-state index contributed by atoms with van der Waals surface area (Å²) in [5.74, 6) is -0.950. The van der Waals surface area contributed by atoms with Crippen molar-refractivity contribution < 1.29 is 55.2 Å². The molecule has 0 fully saturated rings. The van der Waals surface area contributed by atoms with E-state index in [1.54, 1.807) is 103 Å². The van der Waals surface area contributed by atoms with Crippen LogP contribution in [0.15, 0.2) is 142 Å². The summed E-state index contributed by atoms with van der Waals surface area (Å²) in [5, 5.41) is 45.6. The Morgan fingerprint density at radius 2 is 0.694 bits per heavy atom. The number of aromatic hydroxyl groups is 1. The third-order valence-corrected chi connectivity index (χ3v) is 24.7. The quantitative estimate of drug-likeness (QED) is 0.0293. The Bertz CT molecular complexity index is 3460. The fourth-order valence-corrected chi connectivity index (χ4v) is 20.4. The lowest BCUT2D eigenvalue weighted by atomic mass is 9.69. The van der Waals surface area contributed by atoms with E-state index in [9.17, 15) is 45.7 Å². The van der Waals surface area contributed by atoms with E-state index in [2.05, 4.69) is 20.8 Å².